The minimum atomic E-state index is -0.509. The van der Waals surface area contributed by atoms with Gasteiger partial charge in [0.1, 0.15) is 0 Å². The second kappa shape index (κ2) is 6.56. The van der Waals surface area contributed by atoms with Crippen LogP contribution in [0.15, 0.2) is 47.6 Å². The Hall–Kier alpha value is -3.48. The van der Waals surface area contributed by atoms with Crippen molar-refractivity contribution in [3.8, 4) is 0 Å². The van der Waals surface area contributed by atoms with Crippen LogP contribution < -0.4 is 5.43 Å². The number of aromatic nitrogens is 1. The van der Waals surface area contributed by atoms with E-state index in [2.05, 4.69) is 15.5 Å². The van der Waals surface area contributed by atoms with E-state index < -0.39 is 10.8 Å². The summed E-state index contributed by atoms with van der Waals surface area (Å²) in [5, 5.41) is 16.0. The molecule has 7 nitrogen and oxygen atoms in total. The van der Waals surface area contributed by atoms with Crippen molar-refractivity contribution in [3.63, 3.8) is 0 Å². The first-order valence-corrected chi connectivity index (χ1v) is 7.63. The van der Waals surface area contributed by atoms with Gasteiger partial charge in [0.25, 0.3) is 11.6 Å². The number of para-hydroxylation sites is 1. The molecular formula is C18H16N4O3. The SMILES string of the molecule is Cc1[nH]c2ccccc2c1C=NNC(=O)c1cccc([N+](=O)[O-])c1C. The van der Waals surface area contributed by atoms with Crippen LogP contribution in [0.25, 0.3) is 10.9 Å². The molecule has 3 aromatic rings. The smallest absolute Gasteiger partial charge is 0.273 e. The Kier molecular flexibility index (Phi) is 4.30. The average molecular weight is 336 g/mol. The highest BCUT2D eigenvalue weighted by molar-refractivity contribution is 6.02. The van der Waals surface area contributed by atoms with Gasteiger partial charge in [-0.3, -0.25) is 14.9 Å². The first-order valence-electron chi connectivity index (χ1n) is 7.63. The van der Waals surface area contributed by atoms with E-state index in [0.29, 0.717) is 5.56 Å². The van der Waals surface area contributed by atoms with Crippen molar-refractivity contribution in [2.45, 2.75) is 13.8 Å². The summed E-state index contributed by atoms with van der Waals surface area (Å²) in [4.78, 5) is 26.0. The number of H-pyrrole nitrogens is 1. The van der Waals surface area contributed by atoms with E-state index in [-0.39, 0.29) is 11.3 Å². The molecule has 2 aromatic carbocycles. The predicted octanol–water partition coefficient (Wildman–Crippen LogP) is 3.46. The average Bonchev–Trinajstić information content (AvgIpc) is 2.90. The van der Waals surface area contributed by atoms with E-state index in [1.807, 2.05) is 31.2 Å². The number of nitro groups is 1. The maximum atomic E-state index is 12.3. The van der Waals surface area contributed by atoms with Gasteiger partial charge in [0.15, 0.2) is 0 Å². The van der Waals surface area contributed by atoms with Gasteiger partial charge in [0.05, 0.1) is 16.7 Å². The third-order valence-electron chi connectivity index (χ3n) is 4.05. The molecule has 0 saturated carbocycles. The minimum Gasteiger partial charge on any atom is -0.358 e. The molecule has 0 saturated heterocycles. The van der Waals surface area contributed by atoms with Crippen LogP contribution >= 0.6 is 0 Å². The number of aryl methyl sites for hydroxylation is 1. The lowest BCUT2D eigenvalue weighted by Crippen LogP contribution is -2.19. The van der Waals surface area contributed by atoms with E-state index in [0.717, 1.165) is 22.2 Å². The Morgan fingerprint density at radius 2 is 1.96 bits per heavy atom. The molecule has 126 valence electrons. The van der Waals surface area contributed by atoms with Crippen LogP contribution in [0.4, 0.5) is 5.69 Å². The van der Waals surface area contributed by atoms with E-state index in [4.69, 9.17) is 0 Å². The molecule has 0 radical (unpaired) electrons. The Morgan fingerprint density at radius 3 is 2.72 bits per heavy atom. The first kappa shape index (κ1) is 16.4. The number of rotatable bonds is 4. The lowest BCUT2D eigenvalue weighted by molar-refractivity contribution is -0.385. The molecular weight excluding hydrogens is 320 g/mol. The third kappa shape index (κ3) is 3.12. The third-order valence-corrected chi connectivity index (χ3v) is 4.05. The number of nitrogens with zero attached hydrogens (tertiary/aromatic N) is 2. The number of amides is 1. The fourth-order valence-electron chi connectivity index (χ4n) is 2.75. The number of aromatic amines is 1. The largest absolute Gasteiger partial charge is 0.358 e. The predicted molar refractivity (Wildman–Crippen MR) is 95.9 cm³/mol. The Morgan fingerprint density at radius 1 is 1.20 bits per heavy atom. The van der Waals surface area contributed by atoms with Crippen LogP contribution in [-0.2, 0) is 0 Å². The maximum Gasteiger partial charge on any atom is 0.273 e. The van der Waals surface area contributed by atoms with Gasteiger partial charge in [0.2, 0.25) is 0 Å². The number of carbonyl (C=O) groups is 1. The van der Waals surface area contributed by atoms with Crippen molar-refractivity contribution in [2.75, 3.05) is 0 Å². The van der Waals surface area contributed by atoms with E-state index in [9.17, 15) is 14.9 Å². The molecule has 0 aliphatic carbocycles. The molecule has 3 rings (SSSR count). The molecule has 1 aromatic heterocycles. The van der Waals surface area contributed by atoms with E-state index in [1.165, 1.54) is 18.2 Å². The number of nitrogens with one attached hydrogen (secondary N) is 2. The molecule has 1 heterocycles. The molecule has 7 heteroatoms. The van der Waals surface area contributed by atoms with Gasteiger partial charge in [-0.05, 0) is 26.0 Å². The zero-order valence-corrected chi connectivity index (χ0v) is 13.7. The lowest BCUT2D eigenvalue weighted by atomic mass is 10.1. The van der Waals surface area contributed by atoms with E-state index in [1.54, 1.807) is 13.1 Å². The summed E-state index contributed by atoms with van der Waals surface area (Å²) in [6.07, 6.45) is 1.57. The molecule has 0 unspecified atom stereocenters. The molecule has 0 atom stereocenters. The molecule has 2 N–H and O–H groups in total. The Bertz CT molecular complexity index is 1000. The highest BCUT2D eigenvalue weighted by Gasteiger charge is 2.17. The highest BCUT2D eigenvalue weighted by Crippen LogP contribution is 2.21. The van der Waals surface area contributed by atoms with Crippen LogP contribution in [0.5, 0.6) is 0 Å². The lowest BCUT2D eigenvalue weighted by Gasteiger charge is -2.04. The standard InChI is InChI=1S/C18H16N4O3/c1-11-13(7-5-9-17(11)22(24)25)18(23)21-19-10-15-12(2)20-16-8-4-3-6-14(15)16/h3-10,20H,1-2H3,(H,21,23). The fourth-order valence-corrected chi connectivity index (χ4v) is 2.75. The normalized spacial score (nSPS) is 11.1. The minimum absolute atomic E-state index is 0.0934. The number of benzene rings is 2. The van der Waals surface area contributed by atoms with Crippen molar-refractivity contribution < 1.29 is 9.72 Å². The van der Waals surface area contributed by atoms with Gasteiger partial charge in [-0.2, -0.15) is 5.10 Å². The van der Waals surface area contributed by atoms with Crippen LogP contribution in [0.3, 0.4) is 0 Å². The topological polar surface area (TPSA) is 100 Å². The van der Waals surface area contributed by atoms with Crippen LogP contribution in [-0.4, -0.2) is 22.0 Å². The van der Waals surface area contributed by atoms with Crippen LogP contribution in [0.1, 0.15) is 27.2 Å². The van der Waals surface area contributed by atoms with Crippen molar-refractivity contribution in [1.29, 1.82) is 0 Å². The second-order valence-corrected chi connectivity index (χ2v) is 5.62. The van der Waals surface area contributed by atoms with Crippen molar-refractivity contribution in [2.24, 2.45) is 5.10 Å². The summed E-state index contributed by atoms with van der Waals surface area (Å²) in [5.74, 6) is -0.491. The second-order valence-electron chi connectivity index (χ2n) is 5.62. The van der Waals surface area contributed by atoms with Crippen LogP contribution in [0.2, 0.25) is 0 Å². The van der Waals surface area contributed by atoms with Gasteiger partial charge >= 0.3 is 0 Å². The molecule has 0 bridgehead atoms. The highest BCUT2D eigenvalue weighted by atomic mass is 16.6. The summed E-state index contributed by atoms with van der Waals surface area (Å²) in [6, 6.07) is 12.2. The molecule has 0 fully saturated rings. The van der Waals surface area contributed by atoms with Gasteiger partial charge in [0, 0.05) is 33.8 Å². The van der Waals surface area contributed by atoms with Crippen molar-refractivity contribution >= 4 is 28.7 Å². The summed E-state index contributed by atoms with van der Waals surface area (Å²) in [7, 11) is 0. The molecule has 0 aliphatic rings. The Balaban J connectivity index is 1.83. The summed E-state index contributed by atoms with van der Waals surface area (Å²) >= 11 is 0. The fraction of sp³-hybridized carbons (Fsp3) is 0.111. The summed E-state index contributed by atoms with van der Waals surface area (Å²) < 4.78 is 0. The zero-order chi connectivity index (χ0) is 18.0. The van der Waals surface area contributed by atoms with Crippen molar-refractivity contribution in [3.05, 3.63) is 75.0 Å². The first-order chi connectivity index (χ1) is 12.0. The summed E-state index contributed by atoms with van der Waals surface area (Å²) in [5.41, 5.74) is 5.67. The number of fused-ring (bicyclic) bond motifs is 1. The number of hydrazone groups is 1. The number of nitro benzene ring substituents is 1. The number of carbonyl (C=O) groups excluding carboxylic acids is 1. The van der Waals surface area contributed by atoms with E-state index >= 15 is 0 Å². The van der Waals surface area contributed by atoms with Crippen LogP contribution in [0, 0.1) is 24.0 Å². The molecule has 1 amide bonds. The number of hydrogen-bond acceptors (Lipinski definition) is 4. The van der Waals surface area contributed by atoms with Gasteiger partial charge < -0.3 is 4.98 Å². The zero-order valence-electron chi connectivity index (χ0n) is 13.7. The maximum absolute atomic E-state index is 12.3. The quantitative estimate of drug-likeness (QED) is 0.433. The summed E-state index contributed by atoms with van der Waals surface area (Å²) in [6.45, 7) is 3.47. The molecule has 0 aliphatic heterocycles. The molecule has 0 spiro atoms. The number of hydrogen-bond donors (Lipinski definition) is 2. The van der Waals surface area contributed by atoms with Crippen molar-refractivity contribution in [1.82, 2.24) is 10.4 Å². The van der Waals surface area contributed by atoms with Gasteiger partial charge in [-0.25, -0.2) is 5.43 Å². The molecule has 25 heavy (non-hydrogen) atoms. The monoisotopic (exact) mass is 336 g/mol. The van der Waals surface area contributed by atoms with Gasteiger partial charge in [-0.1, -0.05) is 24.3 Å². The Labute approximate surface area is 143 Å². The van der Waals surface area contributed by atoms with Gasteiger partial charge in [-0.15, -0.1) is 0 Å².